The van der Waals surface area contributed by atoms with Crippen molar-refractivity contribution in [2.24, 2.45) is 5.92 Å². The average Bonchev–Trinajstić information content (AvgIpc) is 2.98. The van der Waals surface area contributed by atoms with Crippen molar-refractivity contribution >= 4 is 23.4 Å². The van der Waals surface area contributed by atoms with Crippen LogP contribution in [-0.4, -0.2) is 24.9 Å². The lowest BCUT2D eigenvalue weighted by Gasteiger charge is -2.10. The monoisotopic (exact) mass is 294 g/mol. The fourth-order valence-electron chi connectivity index (χ4n) is 2.40. The number of halogens is 1. The van der Waals surface area contributed by atoms with Gasteiger partial charge in [-0.1, -0.05) is 24.4 Å². The van der Waals surface area contributed by atoms with E-state index in [1.165, 1.54) is 0 Å². The molecule has 0 saturated heterocycles. The minimum Gasteiger partial charge on any atom is -0.354 e. The molecule has 0 atom stereocenters. The number of hydrogen-bond acceptors (Lipinski definition) is 2. The summed E-state index contributed by atoms with van der Waals surface area (Å²) in [7, 11) is 0. The van der Waals surface area contributed by atoms with Crippen LogP contribution < -0.4 is 10.6 Å². The molecule has 2 amide bonds. The van der Waals surface area contributed by atoms with Crippen LogP contribution in [0.25, 0.3) is 0 Å². The molecule has 2 rings (SSSR count). The van der Waals surface area contributed by atoms with E-state index in [-0.39, 0.29) is 17.7 Å². The van der Waals surface area contributed by atoms with Crippen LogP contribution in [0.1, 0.15) is 36.0 Å². The Morgan fingerprint density at radius 2 is 1.65 bits per heavy atom. The average molecular weight is 295 g/mol. The molecule has 1 aliphatic rings. The topological polar surface area (TPSA) is 58.2 Å². The minimum atomic E-state index is -0.156. The molecule has 0 bridgehead atoms. The number of benzene rings is 1. The number of amides is 2. The lowest BCUT2D eigenvalue weighted by atomic mass is 10.1. The first-order valence-electron chi connectivity index (χ1n) is 6.98. The molecule has 1 aromatic carbocycles. The predicted octanol–water partition coefficient (Wildman–Crippen LogP) is 2.38. The smallest absolute Gasteiger partial charge is 0.251 e. The number of nitrogens with one attached hydrogen (secondary N) is 2. The summed E-state index contributed by atoms with van der Waals surface area (Å²) in [5.74, 6) is 0.127. The van der Waals surface area contributed by atoms with Crippen molar-refractivity contribution in [2.45, 2.75) is 25.7 Å². The van der Waals surface area contributed by atoms with Gasteiger partial charge in [0.1, 0.15) is 0 Å². The van der Waals surface area contributed by atoms with Gasteiger partial charge in [-0.05, 0) is 37.1 Å². The van der Waals surface area contributed by atoms with Crippen LogP contribution in [0.3, 0.4) is 0 Å². The van der Waals surface area contributed by atoms with E-state index < -0.39 is 0 Å². The van der Waals surface area contributed by atoms with Gasteiger partial charge in [0.25, 0.3) is 5.91 Å². The Morgan fingerprint density at radius 3 is 2.30 bits per heavy atom. The fourth-order valence-corrected chi connectivity index (χ4v) is 2.52. The third-order valence-electron chi connectivity index (χ3n) is 3.54. The van der Waals surface area contributed by atoms with Crippen LogP contribution in [0.15, 0.2) is 24.3 Å². The largest absolute Gasteiger partial charge is 0.354 e. The highest BCUT2D eigenvalue weighted by atomic mass is 35.5. The van der Waals surface area contributed by atoms with Crippen LogP contribution in [-0.2, 0) is 4.79 Å². The normalized spacial score (nSPS) is 15.1. The molecule has 0 unspecified atom stereocenters. The number of carbonyl (C=O) groups is 2. The number of hydrogen-bond donors (Lipinski definition) is 2. The number of carbonyl (C=O) groups excluding carboxylic acids is 2. The molecule has 0 heterocycles. The van der Waals surface area contributed by atoms with Crippen molar-refractivity contribution in [2.75, 3.05) is 13.1 Å². The first-order chi connectivity index (χ1) is 9.66. The zero-order valence-electron chi connectivity index (χ0n) is 11.3. The Bertz CT molecular complexity index is 467. The Morgan fingerprint density at radius 1 is 1.05 bits per heavy atom. The lowest BCUT2D eigenvalue weighted by Crippen LogP contribution is -2.37. The summed E-state index contributed by atoms with van der Waals surface area (Å²) >= 11 is 5.76. The molecule has 1 saturated carbocycles. The van der Waals surface area contributed by atoms with E-state index in [4.69, 9.17) is 11.6 Å². The summed E-state index contributed by atoms with van der Waals surface area (Å²) in [4.78, 5) is 23.5. The minimum absolute atomic E-state index is 0.114. The zero-order valence-corrected chi connectivity index (χ0v) is 12.1. The lowest BCUT2D eigenvalue weighted by molar-refractivity contribution is -0.124. The Labute approximate surface area is 123 Å². The molecule has 1 aliphatic carbocycles. The van der Waals surface area contributed by atoms with Crippen LogP contribution in [0, 0.1) is 5.92 Å². The van der Waals surface area contributed by atoms with Crippen molar-refractivity contribution in [3.8, 4) is 0 Å². The maximum atomic E-state index is 11.8. The molecular weight excluding hydrogens is 276 g/mol. The summed E-state index contributed by atoms with van der Waals surface area (Å²) in [5, 5.41) is 6.24. The van der Waals surface area contributed by atoms with E-state index in [2.05, 4.69) is 10.6 Å². The molecule has 0 aliphatic heterocycles. The standard InChI is InChI=1S/C15H19ClN2O2/c16-13-7-5-12(6-8-13)15(20)18-10-9-17-14(19)11-3-1-2-4-11/h5-8,11H,1-4,9-10H2,(H,17,19)(H,18,20). The summed E-state index contributed by atoms with van der Waals surface area (Å²) in [6, 6.07) is 6.71. The van der Waals surface area contributed by atoms with Crippen molar-refractivity contribution in [1.29, 1.82) is 0 Å². The Kier molecular flexibility index (Phi) is 5.41. The Balaban J connectivity index is 1.66. The van der Waals surface area contributed by atoms with E-state index in [9.17, 15) is 9.59 Å². The van der Waals surface area contributed by atoms with Gasteiger partial charge in [0, 0.05) is 29.6 Å². The second-order valence-electron chi connectivity index (χ2n) is 5.04. The second-order valence-corrected chi connectivity index (χ2v) is 5.47. The summed E-state index contributed by atoms with van der Waals surface area (Å²) in [6.45, 7) is 0.897. The highest BCUT2D eigenvalue weighted by molar-refractivity contribution is 6.30. The van der Waals surface area contributed by atoms with E-state index in [0.717, 1.165) is 25.7 Å². The molecule has 0 aromatic heterocycles. The van der Waals surface area contributed by atoms with E-state index in [1.807, 2.05) is 0 Å². The van der Waals surface area contributed by atoms with Crippen LogP contribution in [0.5, 0.6) is 0 Å². The van der Waals surface area contributed by atoms with E-state index in [0.29, 0.717) is 23.7 Å². The zero-order chi connectivity index (χ0) is 14.4. The highest BCUT2D eigenvalue weighted by Gasteiger charge is 2.21. The molecule has 108 valence electrons. The summed E-state index contributed by atoms with van der Waals surface area (Å²) in [5.41, 5.74) is 0.566. The summed E-state index contributed by atoms with van der Waals surface area (Å²) < 4.78 is 0. The van der Waals surface area contributed by atoms with Gasteiger partial charge in [0.2, 0.25) is 5.91 Å². The van der Waals surface area contributed by atoms with Crippen LogP contribution in [0.4, 0.5) is 0 Å². The van der Waals surface area contributed by atoms with Gasteiger partial charge in [-0.3, -0.25) is 9.59 Å². The molecular formula is C15H19ClN2O2. The molecule has 4 nitrogen and oxygen atoms in total. The van der Waals surface area contributed by atoms with E-state index >= 15 is 0 Å². The Hall–Kier alpha value is -1.55. The molecule has 5 heteroatoms. The van der Waals surface area contributed by atoms with Gasteiger partial charge >= 0.3 is 0 Å². The van der Waals surface area contributed by atoms with Gasteiger partial charge in [0.15, 0.2) is 0 Å². The number of rotatable bonds is 5. The SMILES string of the molecule is O=C(NCCNC(=O)C1CCCC1)c1ccc(Cl)cc1. The third kappa shape index (κ3) is 4.23. The fraction of sp³-hybridized carbons (Fsp3) is 0.467. The second kappa shape index (κ2) is 7.29. The van der Waals surface area contributed by atoms with E-state index in [1.54, 1.807) is 24.3 Å². The maximum Gasteiger partial charge on any atom is 0.251 e. The van der Waals surface area contributed by atoms with Crippen molar-refractivity contribution < 1.29 is 9.59 Å². The maximum absolute atomic E-state index is 11.8. The van der Waals surface area contributed by atoms with Crippen molar-refractivity contribution in [3.63, 3.8) is 0 Å². The van der Waals surface area contributed by atoms with Crippen LogP contribution in [0.2, 0.25) is 5.02 Å². The molecule has 20 heavy (non-hydrogen) atoms. The van der Waals surface area contributed by atoms with Crippen molar-refractivity contribution in [3.05, 3.63) is 34.9 Å². The molecule has 2 N–H and O–H groups in total. The molecule has 0 spiro atoms. The third-order valence-corrected chi connectivity index (χ3v) is 3.79. The van der Waals surface area contributed by atoms with Gasteiger partial charge < -0.3 is 10.6 Å². The van der Waals surface area contributed by atoms with Gasteiger partial charge in [-0.2, -0.15) is 0 Å². The molecule has 1 aromatic rings. The quantitative estimate of drug-likeness (QED) is 0.819. The van der Waals surface area contributed by atoms with Gasteiger partial charge in [0.05, 0.1) is 0 Å². The first-order valence-corrected chi connectivity index (χ1v) is 7.36. The van der Waals surface area contributed by atoms with Gasteiger partial charge in [-0.25, -0.2) is 0 Å². The molecule has 1 fully saturated rings. The van der Waals surface area contributed by atoms with Crippen LogP contribution >= 0.6 is 11.6 Å². The van der Waals surface area contributed by atoms with Gasteiger partial charge in [-0.15, -0.1) is 0 Å². The predicted molar refractivity (Wildman–Crippen MR) is 78.8 cm³/mol. The summed E-state index contributed by atoms with van der Waals surface area (Å²) in [6.07, 6.45) is 4.27. The molecule has 0 radical (unpaired) electrons. The first kappa shape index (κ1) is 14.9. The van der Waals surface area contributed by atoms with Crippen molar-refractivity contribution in [1.82, 2.24) is 10.6 Å². The highest BCUT2D eigenvalue weighted by Crippen LogP contribution is 2.24.